The second kappa shape index (κ2) is 7.70. The van der Waals surface area contributed by atoms with Gasteiger partial charge in [0.15, 0.2) is 11.5 Å². The van der Waals surface area contributed by atoms with Gasteiger partial charge in [-0.05, 0) is 32.5 Å². The number of hydrogen-bond acceptors (Lipinski definition) is 7. The van der Waals surface area contributed by atoms with Crippen LogP contribution < -0.4 is 10.2 Å². The van der Waals surface area contributed by atoms with Crippen molar-refractivity contribution >= 4 is 40.0 Å². The first kappa shape index (κ1) is 20.3. The summed E-state index contributed by atoms with van der Waals surface area (Å²) in [5.74, 6) is 0.614. The van der Waals surface area contributed by atoms with Gasteiger partial charge < -0.3 is 15.3 Å². The van der Waals surface area contributed by atoms with Crippen molar-refractivity contribution in [1.29, 1.82) is 0 Å². The molecule has 0 spiro atoms. The first-order valence-electron chi connectivity index (χ1n) is 9.75. The van der Waals surface area contributed by atoms with E-state index in [-0.39, 0.29) is 18.2 Å². The topological polar surface area (TPSA) is 92.0 Å². The van der Waals surface area contributed by atoms with Crippen LogP contribution in [0, 0.1) is 6.92 Å². The molecule has 0 aliphatic carbocycles. The number of phenols is 1. The number of pyridine rings is 1. The maximum absolute atomic E-state index is 10.7. The maximum atomic E-state index is 10.7. The molecule has 8 nitrogen and oxygen atoms in total. The summed E-state index contributed by atoms with van der Waals surface area (Å²) < 4.78 is 1.74. The number of benzene rings is 1. The molecule has 0 unspecified atom stereocenters. The minimum atomic E-state index is 0. The van der Waals surface area contributed by atoms with Gasteiger partial charge in [-0.15, -0.1) is 12.4 Å². The maximum Gasteiger partial charge on any atom is 0.165 e. The highest BCUT2D eigenvalue weighted by Gasteiger charge is 2.22. The van der Waals surface area contributed by atoms with Crippen LogP contribution in [0.1, 0.15) is 12.0 Å². The number of phenolic OH excluding ortho intramolecular Hbond substituents is 1. The van der Waals surface area contributed by atoms with Crippen LogP contribution in [0.4, 0.5) is 5.69 Å². The van der Waals surface area contributed by atoms with E-state index in [0.29, 0.717) is 23.1 Å². The molecule has 156 valence electrons. The predicted molar refractivity (Wildman–Crippen MR) is 120 cm³/mol. The zero-order chi connectivity index (χ0) is 20.1. The number of nitrogens with one attached hydrogen (secondary N) is 1. The van der Waals surface area contributed by atoms with E-state index in [9.17, 15) is 5.11 Å². The second-order valence-corrected chi connectivity index (χ2v) is 7.66. The van der Waals surface area contributed by atoms with Crippen LogP contribution in [0.5, 0.6) is 5.75 Å². The molecule has 9 heteroatoms. The second-order valence-electron chi connectivity index (χ2n) is 7.66. The van der Waals surface area contributed by atoms with Gasteiger partial charge in [-0.3, -0.25) is 4.68 Å². The number of likely N-dealkylation sites (N-methyl/N-ethyl adjacent to an activating group) is 1. The minimum Gasteiger partial charge on any atom is -0.507 e. The van der Waals surface area contributed by atoms with Gasteiger partial charge in [0.05, 0.1) is 23.0 Å². The molecule has 1 saturated heterocycles. The van der Waals surface area contributed by atoms with Crippen molar-refractivity contribution in [2.45, 2.75) is 19.4 Å². The number of aromatic hydroxyl groups is 1. The zero-order valence-corrected chi connectivity index (χ0v) is 17.9. The number of halogens is 1. The highest BCUT2D eigenvalue weighted by molar-refractivity contribution is 5.90. The lowest BCUT2D eigenvalue weighted by atomic mass is 10.1. The molecule has 1 atom stereocenters. The Hall–Kier alpha value is -2.97. The van der Waals surface area contributed by atoms with Gasteiger partial charge in [-0.1, -0.05) is 0 Å². The number of aromatic nitrogens is 5. The van der Waals surface area contributed by atoms with Crippen LogP contribution in [-0.2, 0) is 7.05 Å². The molecule has 1 fully saturated rings. The first-order valence-corrected chi connectivity index (χ1v) is 9.75. The summed E-state index contributed by atoms with van der Waals surface area (Å²) in [7, 11) is 3.87. The summed E-state index contributed by atoms with van der Waals surface area (Å²) in [5, 5.41) is 20.3. The van der Waals surface area contributed by atoms with Crippen LogP contribution in [0.15, 0.2) is 30.7 Å². The Labute approximate surface area is 180 Å². The fourth-order valence-electron chi connectivity index (χ4n) is 4.06. The molecule has 0 saturated carbocycles. The standard InChI is InChI=1S/C21H23N7O.ClH/c1-12-18-14(10-27(3)26-18)7-17(19(12)29)21-23-8-13-6-16(9-24-20(13)25-21)28-5-4-15(11-28)22-2;/h6-10,15,22,29H,4-5,11H2,1-3H3;1H/t15-;/m1./s1. The molecule has 2 N–H and O–H groups in total. The van der Waals surface area contributed by atoms with Crippen LogP contribution in [-0.4, -0.2) is 56.0 Å². The summed E-state index contributed by atoms with van der Waals surface area (Å²) in [4.78, 5) is 16.0. The van der Waals surface area contributed by atoms with Gasteiger partial charge in [-0.2, -0.15) is 5.10 Å². The van der Waals surface area contributed by atoms with Gasteiger partial charge in [-0.25, -0.2) is 15.0 Å². The van der Waals surface area contributed by atoms with Crippen LogP contribution in [0.3, 0.4) is 0 Å². The van der Waals surface area contributed by atoms with E-state index < -0.39 is 0 Å². The van der Waals surface area contributed by atoms with Crippen molar-refractivity contribution in [3.63, 3.8) is 0 Å². The van der Waals surface area contributed by atoms with Crippen molar-refractivity contribution in [3.05, 3.63) is 36.3 Å². The van der Waals surface area contributed by atoms with E-state index in [4.69, 9.17) is 0 Å². The lowest BCUT2D eigenvalue weighted by molar-refractivity contribution is 0.473. The molecule has 3 aromatic heterocycles. The number of anilines is 1. The molecule has 1 aromatic carbocycles. The molecule has 4 heterocycles. The molecule has 1 aliphatic heterocycles. The van der Waals surface area contributed by atoms with E-state index >= 15 is 0 Å². The number of aryl methyl sites for hydroxylation is 2. The van der Waals surface area contributed by atoms with Crippen LogP contribution in [0.2, 0.25) is 0 Å². The van der Waals surface area contributed by atoms with E-state index in [2.05, 4.69) is 36.3 Å². The van der Waals surface area contributed by atoms with Gasteiger partial charge >= 0.3 is 0 Å². The Bertz CT molecular complexity index is 1240. The van der Waals surface area contributed by atoms with Crippen LogP contribution >= 0.6 is 12.4 Å². The normalized spacial score (nSPS) is 16.4. The highest BCUT2D eigenvalue weighted by atomic mass is 35.5. The Balaban J connectivity index is 0.00000218. The Morgan fingerprint density at radius 1 is 1.17 bits per heavy atom. The Kier molecular flexibility index (Phi) is 5.21. The third-order valence-corrected chi connectivity index (χ3v) is 5.74. The minimum absolute atomic E-state index is 0. The molecule has 30 heavy (non-hydrogen) atoms. The monoisotopic (exact) mass is 425 g/mol. The van der Waals surface area contributed by atoms with Gasteiger partial charge in [0.25, 0.3) is 0 Å². The molecule has 0 radical (unpaired) electrons. The van der Waals surface area contributed by atoms with Crippen molar-refractivity contribution in [2.75, 3.05) is 25.0 Å². The number of fused-ring (bicyclic) bond motifs is 2. The molecule has 4 aromatic rings. The predicted octanol–water partition coefficient (Wildman–Crippen LogP) is 2.81. The summed E-state index contributed by atoms with van der Waals surface area (Å²) in [6.45, 7) is 3.84. The summed E-state index contributed by atoms with van der Waals surface area (Å²) in [6, 6.07) is 4.47. The van der Waals surface area contributed by atoms with Crippen molar-refractivity contribution in [3.8, 4) is 17.1 Å². The Morgan fingerprint density at radius 2 is 2.00 bits per heavy atom. The first-order chi connectivity index (χ1) is 14.0. The van der Waals surface area contributed by atoms with E-state index in [0.717, 1.165) is 47.1 Å². The van der Waals surface area contributed by atoms with Crippen molar-refractivity contribution < 1.29 is 5.11 Å². The fraction of sp³-hybridized carbons (Fsp3) is 0.333. The fourth-order valence-corrected chi connectivity index (χ4v) is 4.06. The number of rotatable bonds is 3. The lowest BCUT2D eigenvalue weighted by Gasteiger charge is -2.18. The smallest absolute Gasteiger partial charge is 0.165 e. The van der Waals surface area contributed by atoms with Crippen molar-refractivity contribution in [2.24, 2.45) is 7.05 Å². The number of nitrogens with zero attached hydrogens (tertiary/aromatic N) is 6. The van der Waals surface area contributed by atoms with Gasteiger partial charge in [0.1, 0.15) is 5.75 Å². The molecular weight excluding hydrogens is 402 g/mol. The number of hydrogen-bond donors (Lipinski definition) is 2. The largest absolute Gasteiger partial charge is 0.507 e. The highest BCUT2D eigenvalue weighted by Crippen LogP contribution is 2.35. The summed E-state index contributed by atoms with van der Waals surface area (Å²) in [5.41, 5.74) is 3.79. The Morgan fingerprint density at radius 3 is 2.77 bits per heavy atom. The average molecular weight is 426 g/mol. The van der Waals surface area contributed by atoms with E-state index in [1.807, 2.05) is 39.5 Å². The molecule has 5 rings (SSSR count). The quantitative estimate of drug-likeness (QED) is 0.521. The summed E-state index contributed by atoms with van der Waals surface area (Å²) >= 11 is 0. The van der Waals surface area contributed by atoms with Crippen molar-refractivity contribution in [1.82, 2.24) is 30.0 Å². The van der Waals surface area contributed by atoms with E-state index in [1.165, 1.54) is 0 Å². The third-order valence-electron chi connectivity index (χ3n) is 5.74. The molecule has 0 bridgehead atoms. The zero-order valence-electron chi connectivity index (χ0n) is 17.1. The van der Waals surface area contributed by atoms with Crippen LogP contribution in [0.25, 0.3) is 33.3 Å². The van der Waals surface area contributed by atoms with E-state index in [1.54, 1.807) is 10.9 Å². The van der Waals surface area contributed by atoms with Gasteiger partial charge in [0, 0.05) is 54.9 Å². The lowest BCUT2D eigenvalue weighted by Crippen LogP contribution is -2.29. The molecule has 0 amide bonds. The molecule has 1 aliphatic rings. The van der Waals surface area contributed by atoms with Gasteiger partial charge in [0.2, 0.25) is 0 Å². The summed E-state index contributed by atoms with van der Waals surface area (Å²) in [6.07, 6.45) is 6.69. The average Bonchev–Trinajstić information content (AvgIpc) is 3.36. The SMILES string of the molecule is CN[C@@H]1CCN(c2cnc3nc(-c4cc5cn(C)nc5c(C)c4O)ncc3c2)C1.Cl. The third kappa shape index (κ3) is 3.32. The molecular formula is C21H24ClN7O.